The molecular formula is C16H16. The molecule has 0 saturated heterocycles. The number of benzene rings is 2. The summed E-state index contributed by atoms with van der Waals surface area (Å²) in [6, 6.07) is 16.8. The Hall–Kier alpha value is -1.82. The first-order valence-electron chi connectivity index (χ1n) is 5.50. The van der Waals surface area contributed by atoms with Crippen LogP contribution in [-0.4, -0.2) is 0 Å². The summed E-state index contributed by atoms with van der Waals surface area (Å²) in [4.78, 5) is 0. The van der Waals surface area contributed by atoms with E-state index in [1.165, 1.54) is 22.3 Å². The molecule has 2 aromatic carbocycles. The lowest BCUT2D eigenvalue weighted by Crippen LogP contribution is -1.90. The highest BCUT2D eigenvalue weighted by Gasteiger charge is 2.04. The Morgan fingerprint density at radius 2 is 1.62 bits per heavy atom. The quantitative estimate of drug-likeness (QED) is 0.687. The van der Waals surface area contributed by atoms with Crippen LogP contribution >= 0.6 is 0 Å². The minimum atomic E-state index is 1.10. The van der Waals surface area contributed by atoms with Crippen LogP contribution in [-0.2, 0) is 0 Å². The van der Waals surface area contributed by atoms with Crippen molar-refractivity contribution in [3.8, 4) is 0 Å². The third-order valence-corrected chi connectivity index (χ3v) is 2.83. The van der Waals surface area contributed by atoms with Crippen LogP contribution in [0.2, 0.25) is 0 Å². The van der Waals surface area contributed by atoms with Crippen molar-refractivity contribution in [2.75, 3.05) is 0 Å². The van der Waals surface area contributed by atoms with Crippen LogP contribution in [0.25, 0.3) is 5.57 Å². The van der Waals surface area contributed by atoms with Crippen LogP contribution in [0.4, 0.5) is 0 Å². The van der Waals surface area contributed by atoms with E-state index < -0.39 is 0 Å². The minimum absolute atomic E-state index is 1.10. The largest absolute Gasteiger partial charge is 0.0905 e. The topological polar surface area (TPSA) is 0 Å². The summed E-state index contributed by atoms with van der Waals surface area (Å²) in [5.74, 6) is 0. The lowest BCUT2D eigenvalue weighted by atomic mass is 9.95. The molecule has 0 heteroatoms. The van der Waals surface area contributed by atoms with Gasteiger partial charge in [0.25, 0.3) is 0 Å². The zero-order valence-electron chi connectivity index (χ0n) is 9.83. The highest BCUT2D eigenvalue weighted by molar-refractivity contribution is 5.79. The Morgan fingerprint density at radius 1 is 0.938 bits per heavy atom. The van der Waals surface area contributed by atoms with Crippen molar-refractivity contribution in [2.24, 2.45) is 0 Å². The van der Waals surface area contributed by atoms with Crippen molar-refractivity contribution in [2.45, 2.75) is 13.8 Å². The van der Waals surface area contributed by atoms with Crippen LogP contribution in [0.3, 0.4) is 0 Å². The van der Waals surface area contributed by atoms with Crippen molar-refractivity contribution < 1.29 is 0 Å². The lowest BCUT2D eigenvalue weighted by Gasteiger charge is -2.10. The SMILES string of the molecule is C=C(c1ccccc1)c1ccc(C)cc1C. The average molecular weight is 208 g/mol. The Kier molecular flexibility index (Phi) is 2.91. The molecule has 0 heterocycles. The van der Waals surface area contributed by atoms with Crippen molar-refractivity contribution in [3.05, 3.63) is 77.4 Å². The zero-order valence-corrected chi connectivity index (χ0v) is 9.83. The molecule has 2 rings (SSSR count). The fraction of sp³-hybridized carbons (Fsp3) is 0.125. The Labute approximate surface area is 97.3 Å². The summed E-state index contributed by atoms with van der Waals surface area (Å²) < 4.78 is 0. The monoisotopic (exact) mass is 208 g/mol. The smallest absolute Gasteiger partial charge is 0.0154 e. The Balaban J connectivity index is 2.42. The molecule has 0 aliphatic heterocycles. The summed E-state index contributed by atoms with van der Waals surface area (Å²) in [5.41, 5.74) is 6.10. The minimum Gasteiger partial charge on any atom is -0.0905 e. The van der Waals surface area contributed by atoms with E-state index >= 15 is 0 Å². The summed E-state index contributed by atoms with van der Waals surface area (Å²) >= 11 is 0. The van der Waals surface area contributed by atoms with Gasteiger partial charge in [0.15, 0.2) is 0 Å². The highest BCUT2D eigenvalue weighted by atomic mass is 14.1. The fourth-order valence-electron chi connectivity index (χ4n) is 1.95. The van der Waals surface area contributed by atoms with E-state index in [0.717, 1.165) is 5.57 Å². The van der Waals surface area contributed by atoms with Gasteiger partial charge in [-0.05, 0) is 36.1 Å². The van der Waals surface area contributed by atoms with Gasteiger partial charge in [0.05, 0.1) is 0 Å². The summed E-state index contributed by atoms with van der Waals surface area (Å²) in [5, 5.41) is 0. The molecule has 0 N–H and O–H groups in total. The fourth-order valence-corrected chi connectivity index (χ4v) is 1.95. The molecular weight excluding hydrogens is 192 g/mol. The van der Waals surface area contributed by atoms with Crippen molar-refractivity contribution >= 4 is 5.57 Å². The maximum Gasteiger partial charge on any atom is -0.0154 e. The summed E-state index contributed by atoms with van der Waals surface area (Å²) in [6.07, 6.45) is 0. The van der Waals surface area contributed by atoms with Gasteiger partial charge < -0.3 is 0 Å². The first kappa shape index (κ1) is 10.7. The molecule has 0 spiro atoms. The second kappa shape index (κ2) is 4.36. The van der Waals surface area contributed by atoms with Gasteiger partial charge in [-0.3, -0.25) is 0 Å². The van der Waals surface area contributed by atoms with Crippen LogP contribution in [0.15, 0.2) is 55.1 Å². The van der Waals surface area contributed by atoms with Crippen molar-refractivity contribution in [1.29, 1.82) is 0 Å². The van der Waals surface area contributed by atoms with Crippen LogP contribution in [0, 0.1) is 13.8 Å². The molecule has 0 amide bonds. The average Bonchev–Trinajstić information content (AvgIpc) is 2.29. The molecule has 0 nitrogen and oxygen atoms in total. The van der Waals surface area contributed by atoms with Crippen molar-refractivity contribution in [1.82, 2.24) is 0 Å². The van der Waals surface area contributed by atoms with E-state index in [4.69, 9.17) is 0 Å². The van der Waals surface area contributed by atoms with E-state index in [9.17, 15) is 0 Å². The Bertz CT molecular complexity index is 507. The van der Waals surface area contributed by atoms with Gasteiger partial charge in [-0.15, -0.1) is 0 Å². The number of hydrogen-bond donors (Lipinski definition) is 0. The molecule has 0 atom stereocenters. The molecule has 0 radical (unpaired) electrons. The van der Waals surface area contributed by atoms with Crippen LogP contribution < -0.4 is 0 Å². The van der Waals surface area contributed by atoms with Gasteiger partial charge in [0, 0.05) is 0 Å². The van der Waals surface area contributed by atoms with Gasteiger partial charge in [0.1, 0.15) is 0 Å². The van der Waals surface area contributed by atoms with E-state index in [1.807, 2.05) is 18.2 Å². The maximum atomic E-state index is 4.19. The van der Waals surface area contributed by atoms with E-state index in [2.05, 4.69) is 50.8 Å². The zero-order chi connectivity index (χ0) is 11.5. The predicted molar refractivity (Wildman–Crippen MR) is 70.5 cm³/mol. The molecule has 80 valence electrons. The molecule has 0 aliphatic carbocycles. The van der Waals surface area contributed by atoms with Gasteiger partial charge >= 0.3 is 0 Å². The first-order valence-corrected chi connectivity index (χ1v) is 5.50. The number of aryl methyl sites for hydroxylation is 2. The molecule has 0 aromatic heterocycles. The molecule has 0 saturated carbocycles. The summed E-state index contributed by atoms with van der Waals surface area (Å²) in [7, 11) is 0. The molecule has 0 unspecified atom stereocenters. The second-order valence-electron chi connectivity index (χ2n) is 4.16. The van der Waals surface area contributed by atoms with Gasteiger partial charge in [-0.1, -0.05) is 60.7 Å². The highest BCUT2D eigenvalue weighted by Crippen LogP contribution is 2.24. The van der Waals surface area contributed by atoms with Crippen LogP contribution in [0.1, 0.15) is 22.3 Å². The molecule has 0 aliphatic rings. The number of rotatable bonds is 2. The summed E-state index contributed by atoms with van der Waals surface area (Å²) in [6.45, 7) is 8.43. The van der Waals surface area contributed by atoms with E-state index in [1.54, 1.807) is 0 Å². The Morgan fingerprint density at radius 3 is 2.25 bits per heavy atom. The van der Waals surface area contributed by atoms with Gasteiger partial charge in [-0.25, -0.2) is 0 Å². The van der Waals surface area contributed by atoms with Gasteiger partial charge in [-0.2, -0.15) is 0 Å². The first-order chi connectivity index (χ1) is 7.68. The van der Waals surface area contributed by atoms with Gasteiger partial charge in [0.2, 0.25) is 0 Å². The normalized spacial score (nSPS) is 10.1. The molecule has 0 bridgehead atoms. The molecule has 0 fully saturated rings. The number of hydrogen-bond acceptors (Lipinski definition) is 0. The second-order valence-corrected chi connectivity index (χ2v) is 4.16. The third kappa shape index (κ3) is 2.06. The lowest BCUT2D eigenvalue weighted by molar-refractivity contribution is 1.35. The maximum absolute atomic E-state index is 4.19. The van der Waals surface area contributed by atoms with Crippen molar-refractivity contribution in [3.63, 3.8) is 0 Å². The predicted octanol–water partition coefficient (Wildman–Crippen LogP) is 4.36. The standard InChI is InChI=1S/C16H16/c1-12-9-10-16(13(2)11-12)14(3)15-7-5-4-6-8-15/h4-11H,3H2,1-2H3. The third-order valence-electron chi connectivity index (χ3n) is 2.83. The van der Waals surface area contributed by atoms with E-state index in [-0.39, 0.29) is 0 Å². The van der Waals surface area contributed by atoms with Crippen LogP contribution in [0.5, 0.6) is 0 Å². The molecule has 2 aromatic rings. The molecule has 16 heavy (non-hydrogen) atoms. The van der Waals surface area contributed by atoms with E-state index in [0.29, 0.717) is 0 Å².